The second-order valence-electron chi connectivity index (χ2n) is 10.6. The molecule has 200 valence electrons. The molecule has 5 rings (SSSR count). The fourth-order valence-corrected chi connectivity index (χ4v) is 6.16. The monoisotopic (exact) mass is 535 g/mol. The fraction of sp³-hybridized carbons (Fsp3) is 0.367. The molecule has 1 fully saturated rings. The van der Waals surface area contributed by atoms with Crippen LogP contribution in [0.4, 0.5) is 0 Å². The van der Waals surface area contributed by atoms with Crippen molar-refractivity contribution >= 4 is 17.3 Å². The molecule has 0 saturated carbocycles. The molecule has 0 aromatic heterocycles. The van der Waals surface area contributed by atoms with E-state index < -0.39 is 17.0 Å². The quantitative estimate of drug-likeness (QED) is 0.382. The number of benzene rings is 3. The highest BCUT2D eigenvalue weighted by atomic mass is 32.2. The summed E-state index contributed by atoms with van der Waals surface area (Å²) in [5, 5.41) is 9.61. The summed E-state index contributed by atoms with van der Waals surface area (Å²) in [5.74, 6) is 2.10. The van der Waals surface area contributed by atoms with E-state index in [1.54, 1.807) is 13.8 Å². The first-order valence-electron chi connectivity index (χ1n) is 12.8. The highest BCUT2D eigenvalue weighted by Gasteiger charge is 2.37. The van der Waals surface area contributed by atoms with E-state index in [0.717, 1.165) is 44.9 Å². The molecule has 3 aromatic rings. The molecule has 3 aromatic carbocycles. The van der Waals surface area contributed by atoms with E-state index in [-0.39, 0.29) is 23.7 Å². The van der Waals surface area contributed by atoms with E-state index in [2.05, 4.69) is 24.6 Å². The number of carbonyl (C=O) groups excluding carboxylic acids is 1. The number of rotatable bonds is 8. The van der Waals surface area contributed by atoms with Crippen molar-refractivity contribution in [2.24, 2.45) is 0 Å². The summed E-state index contributed by atoms with van der Waals surface area (Å²) in [5.41, 5.74) is 5.36. The van der Waals surface area contributed by atoms with Crippen molar-refractivity contribution in [3.63, 3.8) is 0 Å². The maximum absolute atomic E-state index is 12.1. The van der Waals surface area contributed by atoms with Crippen molar-refractivity contribution in [3.8, 4) is 28.4 Å². The Kier molecular flexibility index (Phi) is 7.31. The first-order valence-corrected chi connectivity index (χ1v) is 14.0. The van der Waals surface area contributed by atoms with Crippen LogP contribution in [-0.2, 0) is 16.2 Å². The molecule has 2 aliphatic rings. The molecule has 1 amide bonds. The fourth-order valence-electron chi connectivity index (χ4n) is 5.00. The smallest absolute Gasteiger partial charge is 0.266 e. The first-order chi connectivity index (χ1) is 18.1. The Balaban J connectivity index is 1.33. The summed E-state index contributed by atoms with van der Waals surface area (Å²) in [6, 6.07) is 17.6. The van der Waals surface area contributed by atoms with Crippen LogP contribution in [0.3, 0.4) is 0 Å². The minimum Gasteiger partial charge on any atom is -0.593 e. The molecule has 2 N–H and O–H groups in total. The number of fused-ring (bicyclic) bond motifs is 1. The third kappa shape index (κ3) is 5.62. The van der Waals surface area contributed by atoms with Crippen molar-refractivity contribution in [3.05, 3.63) is 76.9 Å². The number of nitrogens with one attached hydrogen (secondary N) is 1. The zero-order valence-corrected chi connectivity index (χ0v) is 22.9. The van der Waals surface area contributed by atoms with Gasteiger partial charge in [-0.1, -0.05) is 30.3 Å². The predicted molar refractivity (Wildman–Crippen MR) is 147 cm³/mol. The third-order valence-corrected chi connectivity index (χ3v) is 8.29. The summed E-state index contributed by atoms with van der Waals surface area (Å²) in [4.78, 5) is 11.6. The summed E-state index contributed by atoms with van der Waals surface area (Å²) >= 11 is -1.39. The van der Waals surface area contributed by atoms with Gasteiger partial charge in [0, 0.05) is 23.1 Å². The Morgan fingerprint density at radius 2 is 1.82 bits per heavy atom. The van der Waals surface area contributed by atoms with Crippen molar-refractivity contribution in [2.75, 3.05) is 13.2 Å². The Hall–Kier alpha value is -3.20. The van der Waals surface area contributed by atoms with Gasteiger partial charge in [0.05, 0.1) is 30.0 Å². The number of hydrogen-bond acceptors (Lipinski definition) is 6. The van der Waals surface area contributed by atoms with Crippen molar-refractivity contribution in [2.45, 2.75) is 57.5 Å². The SMILES string of the molecule is Cc1cc(OCCC(C)(C)O)cc(C)c1-c1cccc2c1OC[C@H]2Oc1ccc(C2CC(=O)N[S+]2[O-])cc1. The number of hydrogen-bond donors (Lipinski definition) is 2. The van der Waals surface area contributed by atoms with Crippen LogP contribution in [0, 0.1) is 13.8 Å². The molecule has 2 unspecified atom stereocenters. The second kappa shape index (κ2) is 10.5. The molecule has 2 aliphatic heterocycles. The molecule has 8 heteroatoms. The highest BCUT2D eigenvalue weighted by Crippen LogP contribution is 2.45. The van der Waals surface area contributed by atoms with Crippen molar-refractivity contribution in [1.82, 2.24) is 4.72 Å². The molecule has 1 saturated heterocycles. The molecule has 0 aliphatic carbocycles. The van der Waals surface area contributed by atoms with E-state index in [1.165, 1.54) is 0 Å². The van der Waals surface area contributed by atoms with Gasteiger partial charge >= 0.3 is 0 Å². The van der Waals surface area contributed by atoms with Crippen LogP contribution in [0.2, 0.25) is 0 Å². The van der Waals surface area contributed by atoms with Gasteiger partial charge in [-0.25, -0.2) is 0 Å². The van der Waals surface area contributed by atoms with Crippen molar-refractivity contribution < 1.29 is 28.7 Å². The lowest BCUT2D eigenvalue weighted by atomic mass is 9.93. The molecule has 2 heterocycles. The van der Waals surface area contributed by atoms with Crippen LogP contribution < -0.4 is 18.9 Å². The molecule has 0 spiro atoms. The standard InChI is InChI=1S/C30H33NO6S/c1-18-14-22(35-13-12-30(3,4)33)15-19(2)28(18)24-7-5-6-23-25(17-36-29(23)24)37-21-10-8-20(9-11-21)26-16-27(32)31-38(26)34/h5-11,14-15,25-26,33H,12-13,16-17H2,1-4H3,(H,31,32)/t25-,26?,38?/m1/s1. The summed E-state index contributed by atoms with van der Waals surface area (Å²) in [7, 11) is 0. The zero-order valence-electron chi connectivity index (χ0n) is 22.1. The number of ether oxygens (including phenoxy) is 3. The van der Waals surface area contributed by atoms with Gasteiger partial charge in [-0.3, -0.25) is 4.79 Å². The molecule has 7 nitrogen and oxygen atoms in total. The Labute approximate surface area is 226 Å². The topological polar surface area (TPSA) is 100 Å². The number of para-hydroxylation sites is 1. The van der Waals surface area contributed by atoms with E-state index in [9.17, 15) is 14.5 Å². The molecular weight excluding hydrogens is 502 g/mol. The summed E-state index contributed by atoms with van der Waals surface area (Å²) < 4.78 is 32.9. The van der Waals surface area contributed by atoms with Gasteiger partial charge < -0.3 is 23.9 Å². The maximum Gasteiger partial charge on any atom is 0.266 e. The number of carbonyl (C=O) groups is 1. The maximum atomic E-state index is 12.1. The van der Waals surface area contributed by atoms with Gasteiger partial charge in [0.1, 0.15) is 23.9 Å². The highest BCUT2D eigenvalue weighted by molar-refractivity contribution is 7.90. The third-order valence-electron chi connectivity index (χ3n) is 6.90. The van der Waals surface area contributed by atoms with Crippen LogP contribution in [0.1, 0.15) is 60.3 Å². The lowest BCUT2D eigenvalue weighted by Gasteiger charge is -2.19. The minimum atomic E-state index is -1.39. The summed E-state index contributed by atoms with van der Waals surface area (Å²) in [6.45, 7) is 8.52. The van der Waals surface area contributed by atoms with Gasteiger partial charge in [-0.15, -0.1) is 0 Å². The Morgan fingerprint density at radius 1 is 1.11 bits per heavy atom. The van der Waals surface area contributed by atoms with E-state index in [4.69, 9.17) is 14.2 Å². The normalized spacial score (nSPS) is 20.6. The molecule has 0 bridgehead atoms. The predicted octanol–water partition coefficient (Wildman–Crippen LogP) is 5.25. The average Bonchev–Trinajstić information content (AvgIpc) is 3.41. The minimum absolute atomic E-state index is 0.192. The molecule has 3 atom stereocenters. The Morgan fingerprint density at radius 3 is 2.45 bits per heavy atom. The van der Waals surface area contributed by atoms with Gasteiger partial charge in [-0.2, -0.15) is 4.72 Å². The zero-order chi connectivity index (χ0) is 27.0. The molecule has 38 heavy (non-hydrogen) atoms. The first kappa shape index (κ1) is 26.4. The van der Waals surface area contributed by atoms with Gasteiger partial charge in [0.25, 0.3) is 5.91 Å². The van der Waals surface area contributed by atoms with Crippen LogP contribution in [-0.4, -0.2) is 34.4 Å². The van der Waals surface area contributed by atoms with Crippen molar-refractivity contribution in [1.29, 1.82) is 0 Å². The molecular formula is C30H33NO6S. The largest absolute Gasteiger partial charge is 0.593 e. The van der Waals surface area contributed by atoms with Crippen LogP contribution >= 0.6 is 0 Å². The second-order valence-corrected chi connectivity index (χ2v) is 11.9. The Bertz CT molecular complexity index is 1310. The van der Waals surface area contributed by atoms with Gasteiger partial charge in [0.2, 0.25) is 0 Å². The molecule has 0 radical (unpaired) electrons. The van der Waals surface area contributed by atoms with E-state index in [1.807, 2.05) is 48.5 Å². The van der Waals surface area contributed by atoms with Gasteiger partial charge in [0.15, 0.2) is 11.4 Å². The number of aliphatic hydroxyl groups is 1. The van der Waals surface area contributed by atoms with Crippen LogP contribution in [0.25, 0.3) is 11.1 Å². The average molecular weight is 536 g/mol. The van der Waals surface area contributed by atoms with E-state index >= 15 is 0 Å². The van der Waals surface area contributed by atoms with Crippen LogP contribution in [0.15, 0.2) is 54.6 Å². The van der Waals surface area contributed by atoms with E-state index in [0.29, 0.717) is 25.4 Å². The lowest BCUT2D eigenvalue weighted by Crippen LogP contribution is -2.21. The van der Waals surface area contributed by atoms with Gasteiger partial charge in [-0.05, 0) is 68.7 Å². The van der Waals surface area contributed by atoms with Crippen LogP contribution in [0.5, 0.6) is 17.2 Å². The lowest BCUT2D eigenvalue weighted by molar-refractivity contribution is -0.118. The number of aryl methyl sites for hydroxylation is 2. The number of amides is 1. The summed E-state index contributed by atoms with van der Waals surface area (Å²) in [6.07, 6.45) is 0.518.